The van der Waals surface area contributed by atoms with E-state index in [1.807, 2.05) is 0 Å². The maximum Gasteiger partial charge on any atom is 0.360 e. The van der Waals surface area contributed by atoms with E-state index in [0.717, 1.165) is 5.56 Å². The van der Waals surface area contributed by atoms with E-state index in [4.69, 9.17) is 5.73 Å². The summed E-state index contributed by atoms with van der Waals surface area (Å²) in [4.78, 5) is 15.6. The molecule has 5 nitrogen and oxygen atoms in total. The van der Waals surface area contributed by atoms with Crippen molar-refractivity contribution in [2.45, 2.75) is 13.5 Å². The van der Waals surface area contributed by atoms with Crippen molar-refractivity contribution < 1.29 is 13.9 Å². The number of hydrogen-bond donors (Lipinski definition) is 1. The fourth-order valence-electron chi connectivity index (χ4n) is 1.80. The van der Waals surface area contributed by atoms with Crippen LogP contribution in [0, 0.1) is 12.7 Å². The molecule has 0 unspecified atom stereocenters. The van der Waals surface area contributed by atoms with Gasteiger partial charge in [-0.05, 0) is 24.6 Å². The number of carbonyl (C=O) groups is 1. The zero-order valence-corrected chi connectivity index (χ0v) is 10.7. The van der Waals surface area contributed by atoms with Gasteiger partial charge in [-0.25, -0.2) is 14.2 Å². The predicted octanol–water partition coefficient (Wildman–Crippen LogP) is 1.75. The Labute approximate surface area is 109 Å². The molecule has 0 atom stereocenters. The molecule has 19 heavy (non-hydrogen) atoms. The van der Waals surface area contributed by atoms with Gasteiger partial charge in [-0.3, -0.25) is 0 Å². The summed E-state index contributed by atoms with van der Waals surface area (Å²) in [6, 6.07) is 6.07. The van der Waals surface area contributed by atoms with Crippen molar-refractivity contribution in [3.63, 3.8) is 0 Å². The number of aromatic nitrogens is 2. The molecule has 2 rings (SSSR count). The highest BCUT2D eigenvalue weighted by Crippen LogP contribution is 2.17. The highest BCUT2D eigenvalue weighted by atomic mass is 19.1. The summed E-state index contributed by atoms with van der Waals surface area (Å²) in [5, 5.41) is 0. The van der Waals surface area contributed by atoms with Gasteiger partial charge in [0.25, 0.3) is 0 Å². The van der Waals surface area contributed by atoms with Crippen LogP contribution in [-0.2, 0) is 11.3 Å². The van der Waals surface area contributed by atoms with E-state index >= 15 is 0 Å². The minimum absolute atomic E-state index is 0.0992. The van der Waals surface area contributed by atoms with Crippen LogP contribution >= 0.6 is 0 Å². The third kappa shape index (κ3) is 2.57. The summed E-state index contributed by atoms with van der Waals surface area (Å²) in [5.74, 6) is -0.0244. The molecule has 2 N–H and O–H groups in total. The lowest BCUT2D eigenvalue weighted by Crippen LogP contribution is -2.09. The Hall–Kier alpha value is -2.37. The molecule has 0 spiro atoms. The Morgan fingerprint density at radius 3 is 2.63 bits per heavy atom. The van der Waals surface area contributed by atoms with E-state index in [2.05, 4.69) is 9.72 Å². The summed E-state index contributed by atoms with van der Waals surface area (Å²) in [6.07, 6.45) is 0. The standard InChI is InChI=1S/C13H14FN3O2/c1-8-16-11(13(18)19-2)12(15)17(8)7-9-3-5-10(14)6-4-9/h3-6H,7,15H2,1-2H3. The Morgan fingerprint density at radius 1 is 1.42 bits per heavy atom. The van der Waals surface area contributed by atoms with Crippen molar-refractivity contribution >= 4 is 11.8 Å². The van der Waals surface area contributed by atoms with Crippen LogP contribution in [0.15, 0.2) is 24.3 Å². The third-order valence-electron chi connectivity index (χ3n) is 2.83. The van der Waals surface area contributed by atoms with Crippen molar-refractivity contribution in [2.75, 3.05) is 12.8 Å². The molecule has 1 aromatic carbocycles. The fraction of sp³-hybridized carbons (Fsp3) is 0.231. The number of methoxy groups -OCH3 is 1. The Kier molecular flexibility index (Phi) is 3.50. The first kappa shape index (κ1) is 13.1. The number of ether oxygens (including phenoxy) is 1. The minimum atomic E-state index is -0.571. The Morgan fingerprint density at radius 2 is 2.05 bits per heavy atom. The van der Waals surface area contributed by atoms with E-state index in [9.17, 15) is 9.18 Å². The zero-order chi connectivity index (χ0) is 14.0. The van der Waals surface area contributed by atoms with E-state index in [0.29, 0.717) is 12.4 Å². The molecular formula is C13H14FN3O2. The van der Waals surface area contributed by atoms with Crippen LogP contribution < -0.4 is 5.73 Å². The lowest BCUT2D eigenvalue weighted by Gasteiger charge is -2.07. The van der Waals surface area contributed by atoms with E-state index in [-0.39, 0.29) is 17.3 Å². The zero-order valence-electron chi connectivity index (χ0n) is 10.7. The monoisotopic (exact) mass is 263 g/mol. The number of imidazole rings is 1. The van der Waals surface area contributed by atoms with Gasteiger partial charge in [-0.1, -0.05) is 12.1 Å². The number of halogens is 1. The summed E-state index contributed by atoms with van der Waals surface area (Å²) >= 11 is 0. The van der Waals surface area contributed by atoms with Gasteiger partial charge >= 0.3 is 5.97 Å². The van der Waals surface area contributed by atoms with Crippen LogP contribution in [0.4, 0.5) is 10.2 Å². The number of rotatable bonds is 3. The lowest BCUT2D eigenvalue weighted by molar-refractivity contribution is 0.0595. The summed E-state index contributed by atoms with van der Waals surface area (Å²) in [5.41, 5.74) is 6.85. The fourth-order valence-corrected chi connectivity index (χ4v) is 1.80. The molecule has 6 heteroatoms. The normalized spacial score (nSPS) is 10.5. The highest BCUT2D eigenvalue weighted by Gasteiger charge is 2.19. The molecule has 2 aromatic rings. The van der Waals surface area contributed by atoms with Gasteiger partial charge in [0.05, 0.1) is 13.7 Å². The molecule has 0 radical (unpaired) electrons. The molecule has 100 valence electrons. The maximum atomic E-state index is 12.8. The molecule has 0 saturated heterocycles. The summed E-state index contributed by atoms with van der Waals surface area (Å²) in [7, 11) is 1.27. The molecule has 1 heterocycles. The van der Waals surface area contributed by atoms with Crippen LogP contribution in [0.3, 0.4) is 0 Å². The second kappa shape index (κ2) is 5.09. The van der Waals surface area contributed by atoms with Gasteiger partial charge in [-0.2, -0.15) is 0 Å². The topological polar surface area (TPSA) is 70.1 Å². The number of nitrogen functional groups attached to an aromatic ring is 1. The van der Waals surface area contributed by atoms with Gasteiger partial charge in [-0.15, -0.1) is 0 Å². The minimum Gasteiger partial charge on any atom is -0.464 e. The molecule has 0 fully saturated rings. The molecule has 0 saturated carbocycles. The summed E-state index contributed by atoms with van der Waals surface area (Å²) in [6.45, 7) is 2.16. The number of nitrogens with zero attached hydrogens (tertiary/aromatic N) is 2. The van der Waals surface area contributed by atoms with Gasteiger partial charge in [0, 0.05) is 0 Å². The molecule has 0 bridgehead atoms. The van der Waals surface area contributed by atoms with E-state index in [1.54, 1.807) is 23.6 Å². The van der Waals surface area contributed by atoms with E-state index < -0.39 is 5.97 Å². The van der Waals surface area contributed by atoms with Crippen LogP contribution in [0.1, 0.15) is 21.9 Å². The predicted molar refractivity (Wildman–Crippen MR) is 68.2 cm³/mol. The average molecular weight is 263 g/mol. The first-order chi connectivity index (χ1) is 9.02. The second-order valence-electron chi connectivity index (χ2n) is 4.10. The quantitative estimate of drug-likeness (QED) is 0.856. The number of hydrogen-bond acceptors (Lipinski definition) is 4. The number of anilines is 1. The molecule has 0 aliphatic rings. The van der Waals surface area contributed by atoms with Gasteiger partial charge in [0.1, 0.15) is 17.5 Å². The van der Waals surface area contributed by atoms with Crippen LogP contribution in [0.25, 0.3) is 0 Å². The molecule has 0 aliphatic heterocycles. The van der Waals surface area contributed by atoms with Gasteiger partial charge < -0.3 is 15.0 Å². The van der Waals surface area contributed by atoms with Crippen molar-refractivity contribution in [1.82, 2.24) is 9.55 Å². The third-order valence-corrected chi connectivity index (χ3v) is 2.83. The number of esters is 1. The molecular weight excluding hydrogens is 249 g/mol. The largest absolute Gasteiger partial charge is 0.464 e. The number of carbonyl (C=O) groups excluding carboxylic acids is 1. The lowest BCUT2D eigenvalue weighted by atomic mass is 10.2. The van der Waals surface area contributed by atoms with Crippen molar-refractivity contribution in [3.05, 3.63) is 47.2 Å². The smallest absolute Gasteiger partial charge is 0.360 e. The number of aryl methyl sites for hydroxylation is 1. The van der Waals surface area contributed by atoms with Crippen LogP contribution in [-0.4, -0.2) is 22.6 Å². The van der Waals surface area contributed by atoms with E-state index in [1.165, 1.54) is 19.2 Å². The first-order valence-corrected chi connectivity index (χ1v) is 5.68. The number of nitrogens with two attached hydrogens (primary N) is 1. The van der Waals surface area contributed by atoms with Gasteiger partial charge in [0.2, 0.25) is 0 Å². The molecule has 0 amide bonds. The van der Waals surface area contributed by atoms with Gasteiger partial charge in [0.15, 0.2) is 5.69 Å². The maximum absolute atomic E-state index is 12.8. The second-order valence-corrected chi connectivity index (χ2v) is 4.10. The molecule has 0 aliphatic carbocycles. The van der Waals surface area contributed by atoms with Crippen molar-refractivity contribution in [3.8, 4) is 0 Å². The first-order valence-electron chi connectivity index (χ1n) is 5.68. The highest BCUT2D eigenvalue weighted by molar-refractivity contribution is 5.92. The number of benzene rings is 1. The Balaban J connectivity index is 2.33. The van der Waals surface area contributed by atoms with Crippen LogP contribution in [0.2, 0.25) is 0 Å². The Bertz CT molecular complexity index is 605. The molecule has 1 aromatic heterocycles. The average Bonchev–Trinajstić information content (AvgIpc) is 2.68. The van der Waals surface area contributed by atoms with Crippen molar-refractivity contribution in [2.24, 2.45) is 0 Å². The SMILES string of the molecule is COC(=O)c1nc(C)n(Cc2ccc(F)cc2)c1N. The summed E-state index contributed by atoms with van der Waals surface area (Å²) < 4.78 is 19.1. The van der Waals surface area contributed by atoms with Crippen LogP contribution in [0.5, 0.6) is 0 Å². The van der Waals surface area contributed by atoms with Crippen molar-refractivity contribution in [1.29, 1.82) is 0 Å².